The van der Waals surface area contributed by atoms with E-state index in [1.54, 1.807) is 11.6 Å². The van der Waals surface area contributed by atoms with Crippen molar-refractivity contribution in [1.29, 1.82) is 0 Å². The summed E-state index contributed by atoms with van der Waals surface area (Å²) in [6.45, 7) is 1.86. The lowest BCUT2D eigenvalue weighted by Crippen LogP contribution is -2.34. The summed E-state index contributed by atoms with van der Waals surface area (Å²) in [5.74, 6) is -0.00345. The standard InChI is InChI=1S/C29H33NO3/c31-19-20-14-16-30(17-15-20)25-11-8-22(9-12-25)28-26(21-4-1-2-5-21)7-3-6-23-18-24(29(32)33)10-13-27(23)28/h8-13,18-21H,1-7,14-17H2,(H,32,33). The van der Waals surface area contributed by atoms with Crippen LogP contribution in [0, 0.1) is 11.8 Å². The van der Waals surface area contributed by atoms with E-state index >= 15 is 0 Å². The number of anilines is 1. The Morgan fingerprint density at radius 2 is 1.64 bits per heavy atom. The van der Waals surface area contributed by atoms with Gasteiger partial charge in [0.15, 0.2) is 0 Å². The molecule has 33 heavy (non-hydrogen) atoms. The molecule has 2 aliphatic carbocycles. The van der Waals surface area contributed by atoms with Crippen LogP contribution < -0.4 is 4.90 Å². The molecule has 2 aromatic rings. The second kappa shape index (κ2) is 9.54. The number of rotatable bonds is 5. The highest BCUT2D eigenvalue weighted by molar-refractivity contribution is 5.91. The monoisotopic (exact) mass is 443 g/mol. The number of benzene rings is 2. The average Bonchev–Trinajstić information content (AvgIpc) is 3.32. The molecule has 1 N–H and O–H groups in total. The van der Waals surface area contributed by atoms with Gasteiger partial charge in [0.2, 0.25) is 0 Å². The summed E-state index contributed by atoms with van der Waals surface area (Å²) in [5, 5.41) is 9.51. The van der Waals surface area contributed by atoms with Crippen LogP contribution in [0.15, 0.2) is 48.0 Å². The van der Waals surface area contributed by atoms with Gasteiger partial charge in [-0.1, -0.05) is 36.6 Å². The van der Waals surface area contributed by atoms with Gasteiger partial charge in [0.1, 0.15) is 6.29 Å². The van der Waals surface area contributed by atoms with Gasteiger partial charge in [0, 0.05) is 24.7 Å². The van der Waals surface area contributed by atoms with Gasteiger partial charge in [-0.05, 0) is 97.4 Å². The molecule has 0 amide bonds. The number of nitrogens with zero attached hydrogens (tertiary/aromatic N) is 1. The fraction of sp³-hybridized carbons (Fsp3) is 0.448. The quantitative estimate of drug-likeness (QED) is 0.565. The SMILES string of the molecule is O=CC1CCN(c2ccc(C3=C(C4CCCC4)CCCc4cc(C(=O)O)ccc43)cc2)CC1. The molecule has 172 valence electrons. The third-order valence-corrected chi connectivity index (χ3v) is 7.94. The van der Waals surface area contributed by atoms with Gasteiger partial charge in [-0.2, -0.15) is 0 Å². The molecule has 0 aromatic heterocycles. The molecule has 3 aliphatic rings. The number of allylic oxidation sites excluding steroid dienone is 1. The fourth-order valence-corrected chi connectivity index (χ4v) is 6.10. The first-order chi connectivity index (χ1) is 16.1. The van der Waals surface area contributed by atoms with Gasteiger partial charge >= 0.3 is 5.97 Å². The summed E-state index contributed by atoms with van der Waals surface area (Å²) in [5.41, 5.74) is 8.16. The number of carboxylic acid groups (broad SMARTS) is 1. The number of piperidine rings is 1. The highest BCUT2D eigenvalue weighted by Crippen LogP contribution is 2.43. The second-order valence-electron chi connectivity index (χ2n) is 9.92. The maximum absolute atomic E-state index is 11.6. The molecule has 2 aromatic carbocycles. The highest BCUT2D eigenvalue weighted by Gasteiger charge is 2.27. The number of carboxylic acids is 1. The number of aromatic carboxylic acids is 1. The molecule has 4 nitrogen and oxygen atoms in total. The lowest BCUT2D eigenvalue weighted by molar-refractivity contribution is -0.111. The predicted molar refractivity (Wildman–Crippen MR) is 132 cm³/mol. The smallest absolute Gasteiger partial charge is 0.335 e. The van der Waals surface area contributed by atoms with Crippen LogP contribution in [0.3, 0.4) is 0 Å². The number of carbonyl (C=O) groups excluding carboxylic acids is 1. The minimum atomic E-state index is -0.855. The first kappa shape index (κ1) is 21.9. The van der Waals surface area contributed by atoms with E-state index in [9.17, 15) is 14.7 Å². The van der Waals surface area contributed by atoms with Gasteiger partial charge in [-0.15, -0.1) is 0 Å². The number of hydrogen-bond donors (Lipinski definition) is 1. The van der Waals surface area contributed by atoms with Gasteiger partial charge in [0.05, 0.1) is 5.56 Å². The minimum absolute atomic E-state index is 0.206. The number of fused-ring (bicyclic) bond motifs is 1. The molecule has 1 saturated carbocycles. The third-order valence-electron chi connectivity index (χ3n) is 7.94. The first-order valence-corrected chi connectivity index (χ1v) is 12.5. The maximum Gasteiger partial charge on any atom is 0.335 e. The van der Waals surface area contributed by atoms with E-state index in [-0.39, 0.29) is 5.92 Å². The summed E-state index contributed by atoms with van der Waals surface area (Å²) in [7, 11) is 0. The Labute approximate surface area is 196 Å². The van der Waals surface area contributed by atoms with Crippen LogP contribution >= 0.6 is 0 Å². The molecule has 0 atom stereocenters. The van der Waals surface area contributed by atoms with Gasteiger partial charge < -0.3 is 14.8 Å². The van der Waals surface area contributed by atoms with Crippen molar-refractivity contribution in [3.8, 4) is 0 Å². The number of carbonyl (C=O) groups is 2. The Morgan fingerprint density at radius 1 is 0.909 bits per heavy atom. The van der Waals surface area contributed by atoms with Crippen LogP contribution in [-0.2, 0) is 11.2 Å². The van der Waals surface area contributed by atoms with Gasteiger partial charge in [-0.25, -0.2) is 4.79 Å². The van der Waals surface area contributed by atoms with Crippen LogP contribution in [0.2, 0.25) is 0 Å². The second-order valence-corrected chi connectivity index (χ2v) is 9.92. The first-order valence-electron chi connectivity index (χ1n) is 12.5. The van der Waals surface area contributed by atoms with Crippen molar-refractivity contribution in [2.24, 2.45) is 11.8 Å². The van der Waals surface area contributed by atoms with Crippen molar-refractivity contribution >= 4 is 23.5 Å². The molecule has 1 aliphatic heterocycles. The van der Waals surface area contributed by atoms with Crippen molar-refractivity contribution in [2.45, 2.75) is 57.8 Å². The molecular weight excluding hydrogens is 410 g/mol. The molecule has 1 heterocycles. The Kier molecular flexibility index (Phi) is 6.34. The Morgan fingerprint density at radius 3 is 2.30 bits per heavy atom. The van der Waals surface area contributed by atoms with E-state index in [2.05, 4.69) is 29.2 Å². The van der Waals surface area contributed by atoms with E-state index in [4.69, 9.17) is 0 Å². The average molecular weight is 444 g/mol. The Hall–Kier alpha value is -2.88. The molecule has 0 unspecified atom stereocenters. The van der Waals surface area contributed by atoms with Crippen LogP contribution in [0.25, 0.3) is 5.57 Å². The van der Waals surface area contributed by atoms with Gasteiger partial charge in [-0.3, -0.25) is 0 Å². The fourth-order valence-electron chi connectivity index (χ4n) is 6.10. The van der Waals surface area contributed by atoms with E-state index < -0.39 is 5.97 Å². The maximum atomic E-state index is 11.6. The van der Waals surface area contributed by atoms with Crippen molar-refractivity contribution in [3.63, 3.8) is 0 Å². The van der Waals surface area contributed by atoms with Crippen LogP contribution in [0.5, 0.6) is 0 Å². The zero-order chi connectivity index (χ0) is 22.8. The van der Waals surface area contributed by atoms with Crippen LogP contribution in [-0.4, -0.2) is 30.5 Å². The molecule has 0 bridgehead atoms. The predicted octanol–water partition coefficient (Wildman–Crippen LogP) is 6.13. The van der Waals surface area contributed by atoms with Crippen molar-refractivity contribution in [3.05, 3.63) is 70.3 Å². The summed E-state index contributed by atoms with van der Waals surface area (Å²) >= 11 is 0. The van der Waals surface area contributed by atoms with Crippen molar-refractivity contribution in [2.75, 3.05) is 18.0 Å². The zero-order valence-corrected chi connectivity index (χ0v) is 19.3. The van der Waals surface area contributed by atoms with Gasteiger partial charge in [0.25, 0.3) is 0 Å². The van der Waals surface area contributed by atoms with Crippen LogP contribution in [0.1, 0.15) is 78.4 Å². The molecule has 4 heteroatoms. The largest absolute Gasteiger partial charge is 0.478 e. The number of aryl methyl sites for hydroxylation is 1. The number of aldehydes is 1. The molecule has 0 radical (unpaired) electrons. The zero-order valence-electron chi connectivity index (χ0n) is 19.3. The van der Waals surface area contributed by atoms with Crippen molar-refractivity contribution in [1.82, 2.24) is 0 Å². The molecule has 0 spiro atoms. The summed E-state index contributed by atoms with van der Waals surface area (Å²) in [6, 6.07) is 14.7. The summed E-state index contributed by atoms with van der Waals surface area (Å²) in [4.78, 5) is 25.1. The third kappa shape index (κ3) is 4.48. The van der Waals surface area contributed by atoms with E-state index in [1.807, 2.05) is 12.1 Å². The Bertz CT molecular complexity index is 1050. The minimum Gasteiger partial charge on any atom is -0.478 e. The van der Waals surface area contributed by atoms with E-state index in [0.717, 1.165) is 57.0 Å². The van der Waals surface area contributed by atoms with Crippen LogP contribution in [0.4, 0.5) is 5.69 Å². The topological polar surface area (TPSA) is 57.6 Å². The lowest BCUT2D eigenvalue weighted by Gasteiger charge is -2.31. The molecule has 1 saturated heterocycles. The lowest BCUT2D eigenvalue weighted by atomic mass is 9.84. The normalized spacial score (nSPS) is 19.9. The molecular formula is C29H33NO3. The summed E-state index contributed by atoms with van der Waals surface area (Å²) < 4.78 is 0. The van der Waals surface area contributed by atoms with Crippen molar-refractivity contribution < 1.29 is 14.7 Å². The highest BCUT2D eigenvalue weighted by atomic mass is 16.4. The molecule has 5 rings (SSSR count). The van der Waals surface area contributed by atoms with E-state index in [0.29, 0.717) is 11.5 Å². The summed E-state index contributed by atoms with van der Waals surface area (Å²) in [6.07, 6.45) is 11.2. The molecule has 2 fully saturated rings. The Balaban J connectivity index is 1.53. The van der Waals surface area contributed by atoms with E-state index in [1.165, 1.54) is 48.1 Å². The number of hydrogen-bond acceptors (Lipinski definition) is 3.